The van der Waals surface area contributed by atoms with E-state index in [-0.39, 0.29) is 0 Å². The number of fused-ring (bicyclic) bond motifs is 1. The van der Waals surface area contributed by atoms with Crippen LogP contribution in [-0.2, 0) is 0 Å². The molecule has 2 aromatic carbocycles. The number of aromatic nitrogens is 1. The number of halogens is 2. The molecule has 4 heteroatoms. The molecule has 2 nitrogen and oxygen atoms in total. The first kappa shape index (κ1) is 18.6. The summed E-state index contributed by atoms with van der Waals surface area (Å²) in [5, 5.41) is 2.07. The molecule has 0 unspecified atom stereocenters. The zero-order valence-electron chi connectivity index (χ0n) is 15.7. The Kier molecular flexibility index (Phi) is 5.29. The number of rotatable bonds is 3. The topological polar surface area (TPSA) is 22.1 Å². The smallest absolute Gasteiger partial charge is 0.139 e. The van der Waals surface area contributed by atoms with Crippen molar-refractivity contribution in [2.45, 2.75) is 44.9 Å². The Morgan fingerprint density at radius 3 is 2.37 bits per heavy atom. The SMILES string of the molecule is COc1cc2nc(C)c(-c3ccc(C4CCCCC4)cc3)c(Cl)c2cc1Cl. The van der Waals surface area contributed by atoms with Crippen molar-refractivity contribution in [1.29, 1.82) is 0 Å². The second-order valence-corrected chi connectivity index (χ2v) is 8.13. The summed E-state index contributed by atoms with van der Waals surface area (Å²) in [7, 11) is 1.60. The van der Waals surface area contributed by atoms with Crippen LogP contribution in [0.3, 0.4) is 0 Å². The van der Waals surface area contributed by atoms with Crippen LogP contribution in [0.2, 0.25) is 10.0 Å². The highest BCUT2D eigenvalue weighted by molar-refractivity contribution is 6.39. The van der Waals surface area contributed by atoms with E-state index >= 15 is 0 Å². The molecule has 27 heavy (non-hydrogen) atoms. The van der Waals surface area contributed by atoms with E-state index in [0.29, 0.717) is 21.7 Å². The van der Waals surface area contributed by atoms with Gasteiger partial charge in [0.25, 0.3) is 0 Å². The summed E-state index contributed by atoms with van der Waals surface area (Å²) < 4.78 is 5.30. The molecule has 0 aliphatic heterocycles. The van der Waals surface area contributed by atoms with E-state index in [1.54, 1.807) is 7.11 Å². The molecule has 1 heterocycles. The predicted octanol–water partition coefficient (Wildman–Crippen LogP) is 7.57. The normalized spacial score (nSPS) is 15.3. The van der Waals surface area contributed by atoms with Gasteiger partial charge in [0.15, 0.2) is 0 Å². The largest absolute Gasteiger partial charge is 0.495 e. The molecule has 140 valence electrons. The molecule has 0 spiro atoms. The average Bonchev–Trinajstić information content (AvgIpc) is 2.69. The van der Waals surface area contributed by atoms with Crippen LogP contribution in [0.1, 0.15) is 49.3 Å². The lowest BCUT2D eigenvalue weighted by Gasteiger charge is -2.22. The monoisotopic (exact) mass is 399 g/mol. The van der Waals surface area contributed by atoms with Crippen LogP contribution in [-0.4, -0.2) is 12.1 Å². The molecule has 1 aliphatic carbocycles. The number of hydrogen-bond donors (Lipinski definition) is 0. The van der Waals surface area contributed by atoms with Gasteiger partial charge in [0.2, 0.25) is 0 Å². The van der Waals surface area contributed by atoms with Crippen LogP contribution in [0, 0.1) is 6.92 Å². The molecule has 1 saturated carbocycles. The third-order valence-corrected chi connectivity index (χ3v) is 6.34. The van der Waals surface area contributed by atoms with Crippen molar-refractivity contribution in [3.05, 3.63) is 57.7 Å². The molecule has 1 aliphatic rings. The average molecular weight is 400 g/mol. The third kappa shape index (κ3) is 3.53. The van der Waals surface area contributed by atoms with Crippen molar-refractivity contribution >= 4 is 34.1 Å². The molecule has 0 atom stereocenters. The Balaban J connectivity index is 1.76. The lowest BCUT2D eigenvalue weighted by molar-refractivity contribution is 0.415. The number of pyridine rings is 1. The van der Waals surface area contributed by atoms with E-state index in [0.717, 1.165) is 27.7 Å². The molecule has 3 aromatic rings. The highest BCUT2D eigenvalue weighted by Crippen LogP contribution is 2.40. The second-order valence-electron chi connectivity index (χ2n) is 7.35. The Morgan fingerprint density at radius 1 is 1.00 bits per heavy atom. The quantitative estimate of drug-likeness (QED) is 0.452. The minimum Gasteiger partial charge on any atom is -0.495 e. The summed E-state index contributed by atoms with van der Waals surface area (Å²) in [6.07, 6.45) is 6.67. The first-order chi connectivity index (χ1) is 13.1. The zero-order valence-corrected chi connectivity index (χ0v) is 17.2. The third-order valence-electron chi connectivity index (χ3n) is 5.65. The first-order valence-corrected chi connectivity index (χ1v) is 10.3. The number of ether oxygens (including phenoxy) is 1. The van der Waals surface area contributed by atoms with Gasteiger partial charge in [-0.25, -0.2) is 0 Å². The van der Waals surface area contributed by atoms with Crippen LogP contribution in [0.25, 0.3) is 22.0 Å². The van der Waals surface area contributed by atoms with E-state index in [9.17, 15) is 0 Å². The van der Waals surface area contributed by atoms with Gasteiger partial charge >= 0.3 is 0 Å². The number of nitrogens with zero attached hydrogens (tertiary/aromatic N) is 1. The van der Waals surface area contributed by atoms with E-state index < -0.39 is 0 Å². The van der Waals surface area contributed by atoms with Crippen LogP contribution >= 0.6 is 23.2 Å². The summed E-state index contributed by atoms with van der Waals surface area (Å²) in [6, 6.07) is 12.5. The number of aryl methyl sites for hydroxylation is 1. The maximum absolute atomic E-state index is 6.80. The summed E-state index contributed by atoms with van der Waals surface area (Å²) in [6.45, 7) is 2.00. The summed E-state index contributed by atoms with van der Waals surface area (Å²) in [4.78, 5) is 4.75. The van der Waals surface area contributed by atoms with Gasteiger partial charge in [0, 0.05) is 22.7 Å². The second kappa shape index (κ2) is 7.69. The van der Waals surface area contributed by atoms with Crippen molar-refractivity contribution < 1.29 is 4.74 Å². The predicted molar refractivity (Wildman–Crippen MR) is 114 cm³/mol. The van der Waals surface area contributed by atoms with Crippen molar-refractivity contribution in [2.75, 3.05) is 7.11 Å². The number of benzene rings is 2. The molecule has 0 N–H and O–H groups in total. The summed E-state index contributed by atoms with van der Waals surface area (Å²) in [5.41, 5.74) is 5.20. The highest BCUT2D eigenvalue weighted by Gasteiger charge is 2.18. The van der Waals surface area contributed by atoms with Crippen LogP contribution in [0.15, 0.2) is 36.4 Å². The van der Waals surface area contributed by atoms with Gasteiger partial charge in [-0.3, -0.25) is 4.98 Å². The van der Waals surface area contributed by atoms with Gasteiger partial charge in [-0.15, -0.1) is 0 Å². The van der Waals surface area contributed by atoms with Gasteiger partial charge in [-0.2, -0.15) is 0 Å². The fraction of sp³-hybridized carbons (Fsp3) is 0.348. The van der Waals surface area contributed by atoms with Crippen molar-refractivity contribution in [3.8, 4) is 16.9 Å². The molecular formula is C23H23Cl2NO. The van der Waals surface area contributed by atoms with Crippen LogP contribution in [0.5, 0.6) is 5.75 Å². The highest BCUT2D eigenvalue weighted by atomic mass is 35.5. The molecule has 0 bridgehead atoms. The van der Waals surface area contributed by atoms with E-state index in [1.165, 1.54) is 37.7 Å². The van der Waals surface area contributed by atoms with E-state index in [2.05, 4.69) is 24.3 Å². The molecule has 4 rings (SSSR count). The fourth-order valence-corrected chi connectivity index (χ4v) is 4.83. The Bertz CT molecular complexity index is 976. The summed E-state index contributed by atoms with van der Waals surface area (Å²) >= 11 is 13.1. The minimum atomic E-state index is 0.538. The molecule has 1 aromatic heterocycles. The van der Waals surface area contributed by atoms with Crippen molar-refractivity contribution in [3.63, 3.8) is 0 Å². The lowest BCUT2D eigenvalue weighted by atomic mass is 9.83. The first-order valence-electron chi connectivity index (χ1n) is 9.52. The molecule has 1 fully saturated rings. The maximum Gasteiger partial charge on any atom is 0.139 e. The molecule has 0 radical (unpaired) electrons. The Morgan fingerprint density at radius 2 is 1.70 bits per heavy atom. The van der Waals surface area contributed by atoms with E-state index in [4.69, 9.17) is 32.9 Å². The van der Waals surface area contributed by atoms with Crippen LogP contribution in [0.4, 0.5) is 0 Å². The van der Waals surface area contributed by atoms with Gasteiger partial charge in [0.05, 0.1) is 22.7 Å². The molecule has 0 amide bonds. The van der Waals surface area contributed by atoms with Crippen LogP contribution < -0.4 is 4.74 Å². The number of methoxy groups -OCH3 is 1. The van der Waals surface area contributed by atoms with Gasteiger partial charge in [-0.05, 0) is 42.9 Å². The van der Waals surface area contributed by atoms with Crippen molar-refractivity contribution in [1.82, 2.24) is 4.98 Å². The van der Waals surface area contributed by atoms with Gasteiger partial charge in [0.1, 0.15) is 5.75 Å². The summed E-state index contributed by atoms with van der Waals surface area (Å²) in [5.74, 6) is 1.31. The van der Waals surface area contributed by atoms with E-state index in [1.807, 2.05) is 19.1 Å². The Labute approximate surface area is 170 Å². The minimum absolute atomic E-state index is 0.538. The van der Waals surface area contributed by atoms with Gasteiger partial charge < -0.3 is 4.74 Å². The van der Waals surface area contributed by atoms with Crippen molar-refractivity contribution in [2.24, 2.45) is 0 Å². The standard InChI is InChI=1S/C23H23Cl2NO/c1-14-22(17-10-8-16(9-11-17)15-6-4-3-5-7-15)23(25)18-12-19(24)21(27-2)13-20(18)26-14/h8-13,15H,3-7H2,1-2H3. The fourth-order valence-electron chi connectivity index (χ4n) is 4.19. The number of hydrogen-bond acceptors (Lipinski definition) is 2. The van der Waals surface area contributed by atoms with Gasteiger partial charge in [-0.1, -0.05) is 66.7 Å². The molecular weight excluding hydrogens is 377 g/mol. The maximum atomic E-state index is 6.80. The zero-order chi connectivity index (χ0) is 19.0. The Hall–Kier alpha value is -1.77. The molecule has 0 saturated heterocycles. The lowest BCUT2D eigenvalue weighted by Crippen LogP contribution is -2.04.